The molecule has 5 heteroatoms. The van der Waals surface area contributed by atoms with Gasteiger partial charge in [0, 0.05) is 49.6 Å². The van der Waals surface area contributed by atoms with Crippen LogP contribution in [0.25, 0.3) is 83.1 Å². The van der Waals surface area contributed by atoms with Crippen molar-refractivity contribution in [3.63, 3.8) is 0 Å². The molecule has 0 saturated carbocycles. The molecule has 5 nitrogen and oxygen atoms in total. The Morgan fingerprint density at radius 3 is 2.14 bits per heavy atom. The van der Waals surface area contributed by atoms with Crippen molar-refractivity contribution in [1.29, 1.82) is 0 Å². The molecule has 264 valence electrons. The summed E-state index contributed by atoms with van der Waals surface area (Å²) in [6, 6.07) is 55.7. The van der Waals surface area contributed by atoms with E-state index in [1.54, 1.807) is 0 Å². The Balaban J connectivity index is 0.987. The molecule has 2 atom stereocenters. The monoisotopic (exact) mass is 717 g/mol. The average molecular weight is 718 g/mol. The fourth-order valence-electron chi connectivity index (χ4n) is 10.2. The highest BCUT2D eigenvalue weighted by molar-refractivity contribution is 6.22. The summed E-state index contributed by atoms with van der Waals surface area (Å²) in [5.74, 6) is 1.46. The number of benzene rings is 7. The Labute approximate surface area is 323 Å². The molecule has 0 radical (unpaired) electrons. The van der Waals surface area contributed by atoms with E-state index in [2.05, 4.69) is 190 Å². The normalized spacial score (nSPS) is 16.8. The van der Waals surface area contributed by atoms with Gasteiger partial charge < -0.3 is 14.5 Å². The number of allylic oxidation sites excluding steroid dienone is 1. The number of rotatable bonds is 3. The van der Waals surface area contributed by atoms with Crippen molar-refractivity contribution in [2.45, 2.75) is 25.3 Å². The minimum atomic E-state index is 0.0390. The fourth-order valence-corrected chi connectivity index (χ4v) is 10.2. The van der Waals surface area contributed by atoms with Gasteiger partial charge in [0.05, 0.1) is 39.0 Å². The van der Waals surface area contributed by atoms with Crippen molar-refractivity contribution in [3.05, 3.63) is 175 Å². The van der Waals surface area contributed by atoms with Crippen LogP contribution in [0, 0.1) is 0 Å². The maximum Gasteiger partial charge on any atom is 0.141 e. The molecule has 0 fully saturated rings. The summed E-state index contributed by atoms with van der Waals surface area (Å²) in [7, 11) is 0. The van der Waals surface area contributed by atoms with Crippen LogP contribution < -0.4 is 5.32 Å². The smallest absolute Gasteiger partial charge is 0.141 e. The second-order valence-corrected chi connectivity index (χ2v) is 15.7. The highest BCUT2D eigenvalue weighted by Crippen LogP contribution is 2.47. The molecular weight excluding hydrogens is 683 g/mol. The van der Waals surface area contributed by atoms with Gasteiger partial charge in [-0.2, -0.15) is 0 Å². The first kappa shape index (κ1) is 30.2. The number of fused-ring (bicyclic) bond motifs is 13. The predicted octanol–water partition coefficient (Wildman–Crippen LogP) is 13.1. The molecule has 3 aromatic heterocycles. The minimum Gasteiger partial charge on any atom is -0.370 e. The van der Waals surface area contributed by atoms with Gasteiger partial charge in [-0.05, 0) is 108 Å². The average Bonchev–Trinajstić information content (AvgIpc) is 3.97. The Morgan fingerprint density at radius 2 is 1.25 bits per heavy atom. The molecule has 0 spiro atoms. The molecule has 1 N–H and O–H groups in total. The third-order valence-electron chi connectivity index (χ3n) is 12.6. The van der Waals surface area contributed by atoms with Crippen molar-refractivity contribution >= 4 is 77.8 Å². The van der Waals surface area contributed by atoms with E-state index < -0.39 is 0 Å². The lowest BCUT2D eigenvalue weighted by Gasteiger charge is -2.23. The van der Waals surface area contributed by atoms with Gasteiger partial charge >= 0.3 is 0 Å². The molecule has 1 aliphatic carbocycles. The van der Waals surface area contributed by atoms with Crippen LogP contribution in [0.2, 0.25) is 0 Å². The third-order valence-corrected chi connectivity index (χ3v) is 12.6. The standard InChI is InChI=1S/C51H35N5/c1-30-11-9-20-47-48(30)40-28-32(31-21-24-44-38(27-31)35-14-5-8-19-43(35)54(44)33-12-3-2-4-13-33)22-25-46(40)55(47)34-23-26-45-39(29-34)36-15-10-16-37-49-51(56(45)50(36)37)53-42-18-7-6-17-41(42)52-49/h2-10,12-30,49,52H,11H2,1H3. The number of nitrogens with one attached hydrogen (secondary N) is 1. The number of anilines is 1. The Bertz CT molecular complexity index is 3390. The molecule has 0 saturated heterocycles. The first-order valence-electron chi connectivity index (χ1n) is 19.7. The summed E-state index contributed by atoms with van der Waals surface area (Å²) in [4.78, 5) is 5.23. The van der Waals surface area contributed by atoms with E-state index in [4.69, 9.17) is 4.99 Å². The summed E-state index contributed by atoms with van der Waals surface area (Å²) in [5.41, 5.74) is 17.0. The van der Waals surface area contributed by atoms with Crippen LogP contribution in [0.1, 0.15) is 42.1 Å². The fraction of sp³-hybridized carbons (Fsp3) is 0.0784. The van der Waals surface area contributed by atoms with E-state index in [1.165, 1.54) is 93.8 Å². The van der Waals surface area contributed by atoms with Crippen LogP contribution in [0.5, 0.6) is 0 Å². The van der Waals surface area contributed by atoms with Crippen LogP contribution >= 0.6 is 0 Å². The number of aromatic nitrogens is 3. The molecule has 56 heavy (non-hydrogen) atoms. The number of hydrogen-bond donors (Lipinski definition) is 1. The second kappa shape index (κ2) is 11.0. The van der Waals surface area contributed by atoms with Crippen LogP contribution in [-0.4, -0.2) is 19.5 Å². The zero-order valence-electron chi connectivity index (χ0n) is 30.7. The third kappa shape index (κ3) is 3.96. The summed E-state index contributed by atoms with van der Waals surface area (Å²) in [6.45, 7) is 2.38. The van der Waals surface area contributed by atoms with Gasteiger partial charge in [0.2, 0.25) is 0 Å². The summed E-state index contributed by atoms with van der Waals surface area (Å²) < 4.78 is 7.27. The van der Waals surface area contributed by atoms with Gasteiger partial charge in [-0.15, -0.1) is 0 Å². The van der Waals surface area contributed by atoms with E-state index in [0.29, 0.717) is 5.92 Å². The van der Waals surface area contributed by atoms with Crippen LogP contribution in [0.3, 0.4) is 0 Å². The van der Waals surface area contributed by atoms with E-state index in [0.717, 1.165) is 23.6 Å². The maximum atomic E-state index is 5.23. The van der Waals surface area contributed by atoms with Gasteiger partial charge in [-0.3, -0.25) is 4.57 Å². The molecule has 0 bridgehead atoms. The number of aliphatic imine (C=N–C) groups is 1. The molecule has 5 heterocycles. The summed E-state index contributed by atoms with van der Waals surface area (Å²) >= 11 is 0. The second-order valence-electron chi connectivity index (χ2n) is 15.7. The van der Waals surface area contributed by atoms with Crippen LogP contribution in [-0.2, 0) is 0 Å². The van der Waals surface area contributed by atoms with Crippen LogP contribution in [0.4, 0.5) is 11.4 Å². The zero-order chi connectivity index (χ0) is 36.6. The van der Waals surface area contributed by atoms with Gasteiger partial charge in [0.1, 0.15) is 11.9 Å². The first-order chi connectivity index (χ1) is 27.7. The van der Waals surface area contributed by atoms with E-state index in [9.17, 15) is 0 Å². The molecule has 13 rings (SSSR count). The van der Waals surface area contributed by atoms with Crippen molar-refractivity contribution in [3.8, 4) is 22.5 Å². The van der Waals surface area contributed by atoms with Crippen molar-refractivity contribution < 1.29 is 0 Å². The molecule has 3 aliphatic rings. The molecule has 2 aliphatic heterocycles. The molecule has 0 amide bonds. The Morgan fingerprint density at radius 1 is 0.554 bits per heavy atom. The van der Waals surface area contributed by atoms with Crippen LogP contribution in [0.15, 0.2) is 163 Å². The van der Waals surface area contributed by atoms with Gasteiger partial charge in [-0.25, -0.2) is 4.99 Å². The number of hydrogen-bond acceptors (Lipinski definition) is 2. The quantitative estimate of drug-likeness (QED) is 0.194. The van der Waals surface area contributed by atoms with Crippen molar-refractivity contribution in [1.82, 2.24) is 13.7 Å². The minimum absolute atomic E-state index is 0.0390. The van der Waals surface area contributed by atoms with E-state index in [1.807, 2.05) is 0 Å². The Kier molecular flexibility index (Phi) is 5.93. The largest absolute Gasteiger partial charge is 0.370 e. The lowest BCUT2D eigenvalue weighted by atomic mass is 9.90. The summed E-state index contributed by atoms with van der Waals surface area (Å²) in [5, 5.41) is 10.2. The van der Waals surface area contributed by atoms with Gasteiger partial charge in [0.15, 0.2) is 0 Å². The van der Waals surface area contributed by atoms with Crippen molar-refractivity contribution in [2.24, 2.45) is 4.99 Å². The number of nitrogens with zero attached hydrogens (tertiary/aromatic N) is 4. The lowest BCUT2D eigenvalue weighted by molar-refractivity contribution is 0.773. The highest BCUT2D eigenvalue weighted by atomic mass is 15.2. The summed E-state index contributed by atoms with van der Waals surface area (Å²) in [6.07, 6.45) is 5.73. The maximum absolute atomic E-state index is 5.23. The van der Waals surface area contributed by atoms with E-state index in [-0.39, 0.29) is 6.04 Å². The van der Waals surface area contributed by atoms with Crippen molar-refractivity contribution in [2.75, 3.05) is 5.32 Å². The molecule has 2 unspecified atom stereocenters. The Hall–Kier alpha value is -7.11. The predicted molar refractivity (Wildman–Crippen MR) is 233 cm³/mol. The molecule has 10 aromatic rings. The highest BCUT2D eigenvalue weighted by Gasteiger charge is 2.36. The topological polar surface area (TPSA) is 39.2 Å². The van der Waals surface area contributed by atoms with Gasteiger partial charge in [-0.1, -0.05) is 91.9 Å². The SMILES string of the molecule is CC1CC=Cc2c1c1cc(-c3ccc4c(c3)c3ccccc3n4-c3ccccc3)ccc1n2-c1ccc2c(c1)c1cccc3c1n2C1=Nc2ccccc2NC13. The molecule has 7 aromatic carbocycles. The van der Waals surface area contributed by atoms with Gasteiger partial charge in [0.25, 0.3) is 0 Å². The molecular formula is C51H35N5. The van der Waals surface area contributed by atoms with E-state index >= 15 is 0 Å². The zero-order valence-corrected chi connectivity index (χ0v) is 30.7. The first-order valence-corrected chi connectivity index (χ1v) is 19.7. The lowest BCUT2D eigenvalue weighted by Crippen LogP contribution is -2.24. The number of para-hydroxylation sites is 5.